The third-order valence-electron chi connectivity index (χ3n) is 4.69. The number of anilines is 1. The molecular formula is C23H21ClN4O3S. The molecule has 1 N–H and O–H groups in total. The molecule has 0 aliphatic rings. The summed E-state index contributed by atoms with van der Waals surface area (Å²) in [4.78, 5) is 12.6. The van der Waals surface area contributed by atoms with E-state index in [0.29, 0.717) is 45.3 Å². The van der Waals surface area contributed by atoms with Gasteiger partial charge in [-0.1, -0.05) is 35.5 Å². The van der Waals surface area contributed by atoms with E-state index in [2.05, 4.69) is 22.1 Å². The van der Waals surface area contributed by atoms with Crippen LogP contribution in [0.3, 0.4) is 0 Å². The Bertz CT molecular complexity index is 1300. The number of fused-ring (bicyclic) bond motifs is 1. The normalized spacial score (nSPS) is 11.0. The first-order valence-electron chi connectivity index (χ1n) is 9.79. The highest BCUT2D eigenvalue weighted by Crippen LogP contribution is 2.31. The summed E-state index contributed by atoms with van der Waals surface area (Å²) in [5.41, 5.74) is 2.36. The molecule has 0 aliphatic carbocycles. The number of amides is 1. The molecule has 0 radical (unpaired) electrons. The quantitative estimate of drug-likeness (QED) is 0.268. The predicted octanol–water partition coefficient (Wildman–Crippen LogP) is 5.58. The van der Waals surface area contributed by atoms with Crippen LogP contribution in [0.4, 0.5) is 5.69 Å². The Balaban J connectivity index is 1.53. The second-order valence-electron chi connectivity index (χ2n) is 7.04. The van der Waals surface area contributed by atoms with Gasteiger partial charge in [-0.05, 0) is 48.9 Å². The summed E-state index contributed by atoms with van der Waals surface area (Å²) in [5.74, 6) is 1.71. The molecule has 7 nitrogen and oxygen atoms in total. The number of carbonyl (C=O) groups excluding carboxylic acids is 1. The van der Waals surface area contributed by atoms with Crippen molar-refractivity contribution >= 4 is 45.9 Å². The fraction of sp³-hybridized carbons (Fsp3) is 0.174. The van der Waals surface area contributed by atoms with E-state index in [1.165, 1.54) is 11.8 Å². The van der Waals surface area contributed by atoms with E-state index in [4.69, 9.17) is 20.8 Å². The van der Waals surface area contributed by atoms with Crippen LogP contribution in [0.15, 0.2) is 64.7 Å². The summed E-state index contributed by atoms with van der Waals surface area (Å²) >= 11 is 7.36. The number of carbonyl (C=O) groups is 1. The number of hydrogen-bond acceptors (Lipinski definition) is 6. The standard InChI is InChI=1S/C23H21ClN4O3S/c1-4-9-28-22(20-12-15-11-16(24)6-8-18(15)31-20)26-27-23(28)32-13-21(29)25-17-10-14(2)5-7-19(17)30-3/h4-8,10-12H,1,9,13H2,2-3H3,(H,25,29). The zero-order valence-corrected chi connectivity index (χ0v) is 19.2. The van der Waals surface area contributed by atoms with Crippen molar-refractivity contribution in [3.05, 3.63) is 65.7 Å². The Morgan fingerprint density at radius 2 is 2.12 bits per heavy atom. The topological polar surface area (TPSA) is 82.2 Å². The number of benzene rings is 2. The van der Waals surface area contributed by atoms with Gasteiger partial charge in [0.1, 0.15) is 11.3 Å². The minimum atomic E-state index is -0.174. The van der Waals surface area contributed by atoms with Crippen LogP contribution in [-0.2, 0) is 11.3 Å². The number of rotatable bonds is 8. The second-order valence-corrected chi connectivity index (χ2v) is 8.42. The largest absolute Gasteiger partial charge is 0.495 e. The number of hydrogen-bond donors (Lipinski definition) is 1. The smallest absolute Gasteiger partial charge is 0.234 e. The molecule has 9 heteroatoms. The number of aromatic nitrogens is 3. The Kier molecular flexibility index (Phi) is 6.53. The molecule has 0 saturated carbocycles. The SMILES string of the molecule is C=CCn1c(SCC(=O)Nc2cc(C)ccc2OC)nnc1-c1cc2cc(Cl)ccc2o1. The Labute approximate surface area is 194 Å². The number of aryl methyl sites for hydroxylation is 1. The minimum Gasteiger partial charge on any atom is -0.495 e. The van der Waals surface area contributed by atoms with Crippen LogP contribution in [0, 0.1) is 6.92 Å². The van der Waals surface area contributed by atoms with Crippen molar-refractivity contribution in [2.24, 2.45) is 0 Å². The lowest BCUT2D eigenvalue weighted by Gasteiger charge is -2.11. The van der Waals surface area contributed by atoms with E-state index >= 15 is 0 Å². The maximum absolute atomic E-state index is 12.6. The van der Waals surface area contributed by atoms with Crippen molar-refractivity contribution in [2.45, 2.75) is 18.6 Å². The molecule has 32 heavy (non-hydrogen) atoms. The molecule has 2 aromatic carbocycles. The van der Waals surface area contributed by atoms with Crippen molar-refractivity contribution < 1.29 is 13.9 Å². The van der Waals surface area contributed by atoms with Crippen molar-refractivity contribution in [3.8, 4) is 17.3 Å². The molecule has 164 valence electrons. The van der Waals surface area contributed by atoms with E-state index in [0.717, 1.165) is 10.9 Å². The van der Waals surface area contributed by atoms with Gasteiger partial charge in [0.25, 0.3) is 0 Å². The average molecular weight is 469 g/mol. The number of allylic oxidation sites excluding steroid dienone is 1. The van der Waals surface area contributed by atoms with Crippen molar-refractivity contribution in [3.63, 3.8) is 0 Å². The van der Waals surface area contributed by atoms with Gasteiger partial charge in [0.15, 0.2) is 10.9 Å². The fourth-order valence-corrected chi connectivity index (χ4v) is 4.16. The molecule has 1 amide bonds. The lowest BCUT2D eigenvalue weighted by molar-refractivity contribution is -0.113. The summed E-state index contributed by atoms with van der Waals surface area (Å²) in [6.45, 7) is 6.24. The highest BCUT2D eigenvalue weighted by molar-refractivity contribution is 7.99. The third kappa shape index (κ3) is 4.66. The molecule has 0 fully saturated rings. The highest BCUT2D eigenvalue weighted by atomic mass is 35.5. The molecule has 0 aliphatic heterocycles. The zero-order valence-electron chi connectivity index (χ0n) is 17.6. The van der Waals surface area contributed by atoms with Crippen LogP contribution in [0.1, 0.15) is 5.56 Å². The summed E-state index contributed by atoms with van der Waals surface area (Å²) in [6.07, 6.45) is 1.74. The molecule has 0 spiro atoms. The molecule has 2 heterocycles. The second kappa shape index (κ2) is 9.50. The van der Waals surface area contributed by atoms with E-state index in [9.17, 15) is 4.79 Å². The number of ether oxygens (including phenoxy) is 1. The molecule has 0 atom stereocenters. The van der Waals surface area contributed by atoms with Crippen LogP contribution in [-0.4, -0.2) is 33.5 Å². The van der Waals surface area contributed by atoms with E-state index < -0.39 is 0 Å². The monoisotopic (exact) mass is 468 g/mol. The van der Waals surface area contributed by atoms with E-state index in [1.54, 1.807) is 19.3 Å². The Morgan fingerprint density at radius 3 is 2.91 bits per heavy atom. The van der Waals surface area contributed by atoms with Crippen LogP contribution in [0.2, 0.25) is 5.02 Å². The first-order chi connectivity index (χ1) is 15.5. The van der Waals surface area contributed by atoms with Gasteiger partial charge in [-0.15, -0.1) is 16.8 Å². The number of thioether (sulfide) groups is 1. The van der Waals surface area contributed by atoms with Crippen molar-refractivity contribution in [1.82, 2.24) is 14.8 Å². The number of methoxy groups -OCH3 is 1. The molecule has 2 aromatic heterocycles. The summed E-state index contributed by atoms with van der Waals surface area (Å²) in [5, 5.41) is 13.5. The number of nitrogens with one attached hydrogen (secondary N) is 1. The van der Waals surface area contributed by atoms with E-state index in [1.807, 2.05) is 47.9 Å². The first-order valence-corrected chi connectivity index (χ1v) is 11.2. The fourth-order valence-electron chi connectivity index (χ4n) is 3.23. The summed E-state index contributed by atoms with van der Waals surface area (Å²) in [6, 6.07) is 12.9. The molecule has 0 unspecified atom stereocenters. The van der Waals surface area contributed by atoms with Gasteiger partial charge < -0.3 is 14.5 Å². The van der Waals surface area contributed by atoms with Gasteiger partial charge in [0.05, 0.1) is 18.6 Å². The first kappa shape index (κ1) is 22.0. The van der Waals surface area contributed by atoms with Gasteiger partial charge in [0.2, 0.25) is 11.7 Å². The van der Waals surface area contributed by atoms with Crippen LogP contribution in [0.25, 0.3) is 22.6 Å². The van der Waals surface area contributed by atoms with Crippen LogP contribution < -0.4 is 10.1 Å². The predicted molar refractivity (Wildman–Crippen MR) is 128 cm³/mol. The number of furan rings is 1. The Hall–Kier alpha value is -3.23. The molecule has 0 bridgehead atoms. The molecule has 0 saturated heterocycles. The number of nitrogens with zero attached hydrogens (tertiary/aromatic N) is 3. The average Bonchev–Trinajstić information content (AvgIpc) is 3.36. The van der Waals surface area contributed by atoms with Gasteiger partial charge in [-0.25, -0.2) is 0 Å². The van der Waals surface area contributed by atoms with Gasteiger partial charge in [-0.2, -0.15) is 0 Å². The summed E-state index contributed by atoms with van der Waals surface area (Å²) < 4.78 is 13.1. The number of halogens is 1. The van der Waals surface area contributed by atoms with Gasteiger partial charge in [0, 0.05) is 17.0 Å². The molecule has 4 rings (SSSR count). The van der Waals surface area contributed by atoms with Crippen LogP contribution >= 0.6 is 23.4 Å². The zero-order chi connectivity index (χ0) is 22.7. The Morgan fingerprint density at radius 1 is 1.28 bits per heavy atom. The highest BCUT2D eigenvalue weighted by Gasteiger charge is 2.18. The minimum absolute atomic E-state index is 0.155. The molecular weight excluding hydrogens is 448 g/mol. The lowest BCUT2D eigenvalue weighted by Crippen LogP contribution is -2.15. The van der Waals surface area contributed by atoms with Gasteiger partial charge >= 0.3 is 0 Å². The van der Waals surface area contributed by atoms with Crippen molar-refractivity contribution in [2.75, 3.05) is 18.2 Å². The third-order valence-corrected chi connectivity index (χ3v) is 5.89. The van der Waals surface area contributed by atoms with Crippen LogP contribution in [0.5, 0.6) is 5.75 Å². The summed E-state index contributed by atoms with van der Waals surface area (Å²) in [7, 11) is 1.57. The molecule has 4 aromatic rings. The van der Waals surface area contributed by atoms with E-state index in [-0.39, 0.29) is 11.7 Å². The van der Waals surface area contributed by atoms with Gasteiger partial charge in [-0.3, -0.25) is 9.36 Å². The lowest BCUT2D eigenvalue weighted by atomic mass is 10.2. The maximum Gasteiger partial charge on any atom is 0.234 e. The maximum atomic E-state index is 12.6. The van der Waals surface area contributed by atoms with Crippen molar-refractivity contribution in [1.29, 1.82) is 0 Å².